The molecular weight excluding hydrogens is 358 g/mol. The third-order valence-corrected chi connectivity index (χ3v) is 6.29. The summed E-state index contributed by atoms with van der Waals surface area (Å²) < 4.78 is 5.63. The van der Waals surface area contributed by atoms with Gasteiger partial charge in [-0.15, -0.1) is 0 Å². The summed E-state index contributed by atoms with van der Waals surface area (Å²) >= 11 is 0. The number of ether oxygens (including phenoxy) is 1. The smallest absolute Gasteiger partial charge is 0.314 e. The number of esters is 1. The minimum absolute atomic E-state index is 0.0122. The van der Waals surface area contributed by atoms with Gasteiger partial charge in [-0.05, 0) is 60.1 Å². The summed E-state index contributed by atoms with van der Waals surface area (Å²) in [6, 6.07) is 12.3. The van der Waals surface area contributed by atoms with Gasteiger partial charge in [0.2, 0.25) is 0 Å². The minimum Gasteiger partial charge on any atom is -0.425 e. The van der Waals surface area contributed by atoms with Gasteiger partial charge in [-0.1, -0.05) is 65.8 Å². The molecule has 0 unspecified atom stereocenters. The number of carbonyl (C=O) groups excluding carboxylic acids is 1. The van der Waals surface area contributed by atoms with E-state index < -0.39 is 0 Å². The van der Waals surface area contributed by atoms with Gasteiger partial charge in [-0.3, -0.25) is 9.78 Å². The fourth-order valence-corrected chi connectivity index (χ4v) is 4.15. The number of aromatic nitrogens is 1. The van der Waals surface area contributed by atoms with Crippen LogP contribution in [0, 0.1) is 17.3 Å². The molecule has 2 aromatic rings. The van der Waals surface area contributed by atoms with E-state index in [9.17, 15) is 4.79 Å². The normalized spacial score (nSPS) is 20.3. The van der Waals surface area contributed by atoms with E-state index >= 15 is 0 Å². The Balaban J connectivity index is 1.59. The average Bonchev–Trinajstić information content (AvgIpc) is 2.67. The minimum atomic E-state index is -0.110. The van der Waals surface area contributed by atoms with Crippen LogP contribution < -0.4 is 4.74 Å². The van der Waals surface area contributed by atoms with Crippen molar-refractivity contribution in [2.24, 2.45) is 17.3 Å². The summed E-state index contributed by atoms with van der Waals surface area (Å²) in [6.07, 6.45) is 5.71. The summed E-state index contributed by atoms with van der Waals surface area (Å²) in [4.78, 5) is 17.1. The second-order valence-corrected chi connectivity index (χ2v) is 10.5. The highest BCUT2D eigenvalue weighted by Gasteiger charge is 2.33. The molecular formula is C26H35NO2. The lowest BCUT2D eigenvalue weighted by molar-refractivity contribution is -0.140. The molecule has 1 heterocycles. The molecule has 0 saturated heterocycles. The quantitative estimate of drug-likeness (QED) is 0.538. The van der Waals surface area contributed by atoms with Crippen LogP contribution in [0.15, 0.2) is 42.6 Å². The maximum Gasteiger partial charge on any atom is 0.314 e. The molecule has 1 saturated carbocycles. The molecule has 0 atom stereocenters. The fourth-order valence-electron chi connectivity index (χ4n) is 4.15. The van der Waals surface area contributed by atoms with E-state index in [1.54, 1.807) is 6.20 Å². The molecule has 156 valence electrons. The van der Waals surface area contributed by atoms with E-state index in [0.29, 0.717) is 17.1 Å². The van der Waals surface area contributed by atoms with E-state index in [2.05, 4.69) is 70.8 Å². The van der Waals surface area contributed by atoms with Crippen molar-refractivity contribution >= 4 is 5.97 Å². The van der Waals surface area contributed by atoms with Crippen LogP contribution in [0.4, 0.5) is 0 Å². The Morgan fingerprint density at radius 1 is 0.897 bits per heavy atom. The zero-order valence-electron chi connectivity index (χ0n) is 18.8. The van der Waals surface area contributed by atoms with E-state index in [1.165, 1.54) is 5.56 Å². The number of carbonyl (C=O) groups is 1. The molecule has 3 rings (SSSR count). The standard InChI is InChI=1S/C26H35NO2/c1-25(2,3)20-11-7-18(8-12-20)23-16-15-22(17-27-23)29-24(28)19-9-13-21(14-10-19)26(4,5)6/h7-8,11-12,15-17,19,21H,9-10,13-14H2,1-6H3. The molecule has 0 aliphatic heterocycles. The largest absolute Gasteiger partial charge is 0.425 e. The summed E-state index contributed by atoms with van der Waals surface area (Å²) in [5.74, 6) is 1.12. The number of pyridine rings is 1. The molecule has 3 heteroatoms. The maximum absolute atomic E-state index is 12.6. The SMILES string of the molecule is CC(C)(C)c1ccc(-c2ccc(OC(=O)C3CCC(C(C)(C)C)CC3)cn2)cc1. The van der Waals surface area contributed by atoms with Crippen LogP contribution in [-0.2, 0) is 10.2 Å². The number of hydrogen-bond donors (Lipinski definition) is 0. The third kappa shape index (κ3) is 5.46. The number of rotatable bonds is 3. The first-order valence-corrected chi connectivity index (χ1v) is 10.8. The summed E-state index contributed by atoms with van der Waals surface area (Å²) in [6.45, 7) is 13.5. The first kappa shape index (κ1) is 21.5. The third-order valence-electron chi connectivity index (χ3n) is 6.29. The lowest BCUT2D eigenvalue weighted by atomic mass is 9.70. The molecule has 0 amide bonds. The maximum atomic E-state index is 12.6. The number of benzene rings is 1. The van der Waals surface area contributed by atoms with Gasteiger partial charge in [0.05, 0.1) is 17.8 Å². The van der Waals surface area contributed by atoms with Crippen molar-refractivity contribution in [3.05, 3.63) is 48.2 Å². The predicted octanol–water partition coefficient (Wildman–Crippen LogP) is 6.80. The highest BCUT2D eigenvalue weighted by Crippen LogP contribution is 2.40. The van der Waals surface area contributed by atoms with Crippen molar-refractivity contribution in [3.63, 3.8) is 0 Å². The molecule has 0 spiro atoms. The fraction of sp³-hybridized carbons (Fsp3) is 0.538. The average molecular weight is 394 g/mol. The van der Waals surface area contributed by atoms with Crippen LogP contribution in [0.25, 0.3) is 11.3 Å². The van der Waals surface area contributed by atoms with E-state index in [0.717, 1.165) is 36.9 Å². The topological polar surface area (TPSA) is 39.2 Å². The predicted molar refractivity (Wildman–Crippen MR) is 119 cm³/mol. The summed E-state index contributed by atoms with van der Waals surface area (Å²) in [5.41, 5.74) is 3.70. The van der Waals surface area contributed by atoms with Gasteiger partial charge < -0.3 is 4.74 Å². The van der Waals surface area contributed by atoms with Crippen molar-refractivity contribution < 1.29 is 9.53 Å². The number of hydrogen-bond acceptors (Lipinski definition) is 3. The molecule has 0 radical (unpaired) electrons. The molecule has 1 aliphatic rings. The van der Waals surface area contributed by atoms with Crippen LogP contribution in [0.2, 0.25) is 0 Å². The zero-order chi connectivity index (χ0) is 21.2. The Morgan fingerprint density at radius 2 is 1.52 bits per heavy atom. The highest BCUT2D eigenvalue weighted by atomic mass is 16.5. The van der Waals surface area contributed by atoms with Gasteiger partial charge >= 0.3 is 5.97 Å². The molecule has 1 aliphatic carbocycles. The van der Waals surface area contributed by atoms with Gasteiger partial charge in [0.25, 0.3) is 0 Å². The molecule has 1 aromatic heterocycles. The molecule has 0 N–H and O–H groups in total. The van der Waals surface area contributed by atoms with Crippen LogP contribution in [0.3, 0.4) is 0 Å². The van der Waals surface area contributed by atoms with Crippen molar-refractivity contribution in [2.45, 2.75) is 72.6 Å². The summed E-state index contributed by atoms with van der Waals surface area (Å²) in [5, 5.41) is 0. The highest BCUT2D eigenvalue weighted by molar-refractivity contribution is 5.75. The Labute approximate surface area is 175 Å². The zero-order valence-corrected chi connectivity index (χ0v) is 18.8. The molecule has 0 bridgehead atoms. The lowest BCUT2D eigenvalue weighted by Crippen LogP contribution is -2.30. The van der Waals surface area contributed by atoms with Crippen LogP contribution in [0.5, 0.6) is 5.75 Å². The van der Waals surface area contributed by atoms with E-state index in [1.807, 2.05) is 12.1 Å². The van der Waals surface area contributed by atoms with Gasteiger partial charge in [-0.2, -0.15) is 0 Å². The van der Waals surface area contributed by atoms with Gasteiger partial charge in [0, 0.05) is 5.56 Å². The van der Waals surface area contributed by atoms with E-state index in [4.69, 9.17) is 4.74 Å². The second kappa shape index (κ2) is 8.30. The van der Waals surface area contributed by atoms with Crippen LogP contribution in [-0.4, -0.2) is 11.0 Å². The monoisotopic (exact) mass is 393 g/mol. The first-order valence-electron chi connectivity index (χ1n) is 10.8. The van der Waals surface area contributed by atoms with Gasteiger partial charge in [-0.25, -0.2) is 0 Å². The van der Waals surface area contributed by atoms with Crippen LogP contribution in [0.1, 0.15) is 72.8 Å². The first-order chi connectivity index (χ1) is 13.5. The summed E-state index contributed by atoms with van der Waals surface area (Å²) in [7, 11) is 0. The van der Waals surface area contributed by atoms with Crippen LogP contribution >= 0.6 is 0 Å². The molecule has 3 nitrogen and oxygen atoms in total. The van der Waals surface area contributed by atoms with Crippen molar-refractivity contribution in [1.29, 1.82) is 0 Å². The second-order valence-electron chi connectivity index (χ2n) is 10.5. The number of nitrogens with zero attached hydrogens (tertiary/aromatic N) is 1. The Morgan fingerprint density at radius 3 is 2.00 bits per heavy atom. The van der Waals surface area contributed by atoms with Gasteiger partial charge in [0.1, 0.15) is 5.75 Å². The van der Waals surface area contributed by atoms with E-state index in [-0.39, 0.29) is 17.3 Å². The Hall–Kier alpha value is -2.16. The Kier molecular flexibility index (Phi) is 6.16. The Bertz CT molecular complexity index is 815. The van der Waals surface area contributed by atoms with Gasteiger partial charge in [0.15, 0.2) is 0 Å². The molecule has 29 heavy (non-hydrogen) atoms. The molecule has 1 aromatic carbocycles. The van der Waals surface area contributed by atoms with Crippen molar-refractivity contribution in [1.82, 2.24) is 4.98 Å². The lowest BCUT2D eigenvalue weighted by Gasteiger charge is -2.36. The van der Waals surface area contributed by atoms with Crippen molar-refractivity contribution in [2.75, 3.05) is 0 Å². The molecule has 1 fully saturated rings. The van der Waals surface area contributed by atoms with Crippen molar-refractivity contribution in [3.8, 4) is 17.0 Å².